The molecule has 0 aliphatic carbocycles. The number of hydrogen-bond acceptors (Lipinski definition) is 5. The van der Waals surface area contributed by atoms with Crippen LogP contribution >= 0.6 is 34.7 Å². The highest BCUT2D eigenvalue weighted by molar-refractivity contribution is 8.01. The predicted octanol–water partition coefficient (Wildman–Crippen LogP) is 3.11. The van der Waals surface area contributed by atoms with Gasteiger partial charge in [0.25, 0.3) is 0 Å². The lowest BCUT2D eigenvalue weighted by Crippen LogP contribution is -1.97. The number of hydrogen-bond donors (Lipinski definition) is 1. The normalized spacial score (nSPS) is 10.7. The number of nitrogens with two attached hydrogens (primary N) is 1. The summed E-state index contributed by atoms with van der Waals surface area (Å²) in [4.78, 5) is 1.05. The maximum atomic E-state index is 5.96. The molecule has 6 heteroatoms. The summed E-state index contributed by atoms with van der Waals surface area (Å²) in [6, 6.07) is 5.70. The third kappa shape index (κ3) is 2.74. The smallest absolute Gasteiger partial charge is 0.179 e. The number of rotatable bonds is 3. The van der Waals surface area contributed by atoms with Crippen molar-refractivity contribution in [3.63, 3.8) is 0 Å². The molecule has 0 aliphatic heterocycles. The van der Waals surface area contributed by atoms with E-state index < -0.39 is 0 Å². The topological polar surface area (TPSA) is 51.8 Å². The molecule has 0 fully saturated rings. The van der Waals surface area contributed by atoms with E-state index in [-0.39, 0.29) is 0 Å². The lowest BCUT2D eigenvalue weighted by atomic mass is 10.2. The van der Waals surface area contributed by atoms with Gasteiger partial charge in [0.2, 0.25) is 0 Å². The molecule has 0 atom stereocenters. The van der Waals surface area contributed by atoms with Gasteiger partial charge in [-0.25, -0.2) is 0 Å². The zero-order valence-electron chi connectivity index (χ0n) is 8.61. The summed E-state index contributed by atoms with van der Waals surface area (Å²) >= 11 is 9.08. The lowest BCUT2D eigenvalue weighted by molar-refractivity contribution is 0.979. The summed E-state index contributed by atoms with van der Waals surface area (Å²) in [5.74, 6) is 0. The van der Waals surface area contributed by atoms with Gasteiger partial charge in [0.1, 0.15) is 5.01 Å². The summed E-state index contributed by atoms with van der Waals surface area (Å²) in [5.41, 5.74) is 6.74. The molecule has 3 nitrogen and oxygen atoms in total. The molecule has 0 bridgehead atoms. The zero-order valence-corrected chi connectivity index (χ0v) is 11.0. The fourth-order valence-electron chi connectivity index (χ4n) is 1.21. The highest BCUT2D eigenvalue weighted by atomic mass is 35.5. The van der Waals surface area contributed by atoms with Crippen molar-refractivity contribution < 1.29 is 0 Å². The maximum absolute atomic E-state index is 5.96. The van der Waals surface area contributed by atoms with E-state index in [2.05, 4.69) is 10.2 Å². The van der Waals surface area contributed by atoms with Crippen LogP contribution in [0.4, 0.5) is 0 Å². The van der Waals surface area contributed by atoms with Crippen molar-refractivity contribution in [1.29, 1.82) is 0 Å². The van der Waals surface area contributed by atoms with E-state index in [0.29, 0.717) is 11.6 Å². The molecule has 2 aromatic rings. The van der Waals surface area contributed by atoms with Gasteiger partial charge in [0.15, 0.2) is 4.34 Å². The molecule has 0 saturated heterocycles. The predicted molar refractivity (Wildman–Crippen MR) is 68.1 cm³/mol. The van der Waals surface area contributed by atoms with E-state index in [0.717, 1.165) is 19.8 Å². The Bertz CT molecular complexity index is 499. The van der Waals surface area contributed by atoms with Crippen LogP contribution in [0.3, 0.4) is 0 Å². The Kier molecular flexibility index (Phi) is 3.81. The molecule has 16 heavy (non-hydrogen) atoms. The number of benzene rings is 1. The first kappa shape index (κ1) is 11.9. The van der Waals surface area contributed by atoms with Gasteiger partial charge in [-0.2, -0.15) is 0 Å². The number of aromatic nitrogens is 2. The van der Waals surface area contributed by atoms with E-state index in [1.807, 2.05) is 25.1 Å². The van der Waals surface area contributed by atoms with Crippen molar-refractivity contribution in [3.05, 3.63) is 33.8 Å². The second kappa shape index (κ2) is 5.14. The Morgan fingerprint density at radius 3 is 2.88 bits per heavy atom. The lowest BCUT2D eigenvalue weighted by Gasteiger charge is -2.05. The molecule has 0 saturated carbocycles. The van der Waals surface area contributed by atoms with Gasteiger partial charge >= 0.3 is 0 Å². The van der Waals surface area contributed by atoms with E-state index in [1.165, 1.54) is 0 Å². The standard InChI is InChI=1S/C10H10ClN3S2/c1-6-13-14-10(15-6)16-9-4-8(11)3-2-7(9)5-12/h2-4H,5,12H2,1H3. The van der Waals surface area contributed by atoms with E-state index >= 15 is 0 Å². The molecular weight excluding hydrogens is 262 g/mol. The van der Waals surface area contributed by atoms with Gasteiger partial charge in [-0.1, -0.05) is 40.8 Å². The molecule has 1 aromatic heterocycles. The molecule has 0 unspecified atom stereocenters. The molecule has 84 valence electrons. The number of halogens is 1. The summed E-state index contributed by atoms with van der Waals surface area (Å²) in [7, 11) is 0. The van der Waals surface area contributed by atoms with Crippen LogP contribution in [0, 0.1) is 6.92 Å². The molecule has 0 radical (unpaired) electrons. The molecule has 2 N–H and O–H groups in total. The minimum absolute atomic E-state index is 0.497. The Labute approximate surface area is 107 Å². The largest absolute Gasteiger partial charge is 0.326 e. The number of nitrogens with zero attached hydrogens (tertiary/aromatic N) is 2. The number of aryl methyl sites for hydroxylation is 1. The van der Waals surface area contributed by atoms with Gasteiger partial charge < -0.3 is 5.73 Å². The average molecular weight is 272 g/mol. The van der Waals surface area contributed by atoms with Crippen molar-refractivity contribution in [2.24, 2.45) is 5.73 Å². The van der Waals surface area contributed by atoms with Gasteiger partial charge in [0.05, 0.1) is 0 Å². The van der Waals surface area contributed by atoms with Crippen molar-refractivity contribution in [1.82, 2.24) is 10.2 Å². The third-order valence-electron chi connectivity index (χ3n) is 1.95. The third-order valence-corrected chi connectivity index (χ3v) is 4.18. The molecule has 1 heterocycles. The Morgan fingerprint density at radius 2 is 2.25 bits per heavy atom. The van der Waals surface area contributed by atoms with E-state index in [4.69, 9.17) is 17.3 Å². The average Bonchev–Trinajstić information content (AvgIpc) is 2.64. The minimum atomic E-state index is 0.497. The van der Waals surface area contributed by atoms with Gasteiger partial charge in [-0.05, 0) is 24.6 Å². The van der Waals surface area contributed by atoms with Gasteiger partial charge in [-0.15, -0.1) is 10.2 Å². The first-order valence-corrected chi connectivity index (χ1v) is 6.66. The minimum Gasteiger partial charge on any atom is -0.326 e. The van der Waals surface area contributed by atoms with Crippen molar-refractivity contribution in [2.45, 2.75) is 22.7 Å². The first-order chi connectivity index (χ1) is 7.69. The maximum Gasteiger partial charge on any atom is 0.179 e. The zero-order chi connectivity index (χ0) is 11.5. The summed E-state index contributed by atoms with van der Waals surface area (Å²) in [6.07, 6.45) is 0. The van der Waals surface area contributed by atoms with Crippen LogP contribution in [0.1, 0.15) is 10.6 Å². The Hall–Kier alpha value is -0.620. The molecule has 0 aliphatic rings. The summed E-state index contributed by atoms with van der Waals surface area (Å²) < 4.78 is 0.912. The first-order valence-electron chi connectivity index (χ1n) is 4.65. The van der Waals surface area contributed by atoms with Crippen LogP contribution in [-0.2, 0) is 6.54 Å². The Balaban J connectivity index is 2.29. The van der Waals surface area contributed by atoms with E-state index in [9.17, 15) is 0 Å². The van der Waals surface area contributed by atoms with Crippen LogP contribution in [0.15, 0.2) is 27.4 Å². The fraction of sp³-hybridized carbons (Fsp3) is 0.200. The van der Waals surface area contributed by atoms with Crippen molar-refractivity contribution in [2.75, 3.05) is 0 Å². The molecule has 0 amide bonds. The second-order valence-corrected chi connectivity index (χ2v) is 6.05. The summed E-state index contributed by atoms with van der Waals surface area (Å²) in [6.45, 7) is 2.43. The van der Waals surface area contributed by atoms with Crippen LogP contribution in [-0.4, -0.2) is 10.2 Å². The Morgan fingerprint density at radius 1 is 1.44 bits per heavy atom. The van der Waals surface area contributed by atoms with Crippen LogP contribution < -0.4 is 5.73 Å². The molecule has 2 rings (SSSR count). The second-order valence-electron chi connectivity index (χ2n) is 3.15. The highest BCUT2D eigenvalue weighted by Gasteiger charge is 2.07. The van der Waals surface area contributed by atoms with Gasteiger partial charge in [0, 0.05) is 16.5 Å². The highest BCUT2D eigenvalue weighted by Crippen LogP contribution is 2.33. The van der Waals surface area contributed by atoms with Crippen LogP contribution in [0.5, 0.6) is 0 Å². The molecule has 1 aromatic carbocycles. The van der Waals surface area contributed by atoms with Crippen LogP contribution in [0.2, 0.25) is 5.02 Å². The molecular formula is C10H10ClN3S2. The van der Waals surface area contributed by atoms with Crippen molar-refractivity contribution in [3.8, 4) is 0 Å². The van der Waals surface area contributed by atoms with E-state index in [1.54, 1.807) is 23.1 Å². The SMILES string of the molecule is Cc1nnc(Sc2cc(Cl)ccc2CN)s1. The quantitative estimate of drug-likeness (QED) is 0.932. The van der Waals surface area contributed by atoms with Gasteiger partial charge in [-0.3, -0.25) is 0 Å². The summed E-state index contributed by atoms with van der Waals surface area (Å²) in [5, 5.41) is 9.70. The monoisotopic (exact) mass is 271 g/mol. The molecule has 0 spiro atoms. The fourth-order valence-corrected chi connectivity index (χ4v) is 3.39. The van der Waals surface area contributed by atoms with Crippen LogP contribution in [0.25, 0.3) is 0 Å². The van der Waals surface area contributed by atoms with Crippen molar-refractivity contribution >= 4 is 34.7 Å².